The molecule has 0 radical (unpaired) electrons. The van der Waals surface area contributed by atoms with Crippen LogP contribution in [-0.4, -0.2) is 61.2 Å². The molecule has 0 aromatic rings. The van der Waals surface area contributed by atoms with E-state index < -0.39 is 17.8 Å². The number of nitrogens with one attached hydrogen (secondary N) is 1. The smallest absolute Gasteiger partial charge is 0.335 e. The lowest BCUT2D eigenvalue weighted by Gasteiger charge is -2.14. The lowest BCUT2D eigenvalue weighted by Crippen LogP contribution is -2.33. The molecule has 1 heterocycles. The molecule has 3 amide bonds. The molecule has 28 heavy (non-hydrogen) atoms. The molecule has 1 saturated heterocycles. The van der Waals surface area contributed by atoms with Crippen molar-refractivity contribution in [2.45, 2.75) is 57.5 Å². The molecule has 2 aliphatic rings. The molecule has 1 aliphatic heterocycles. The highest BCUT2D eigenvalue weighted by Crippen LogP contribution is 2.12. The molecule has 0 saturated carbocycles. The Morgan fingerprint density at radius 3 is 2.68 bits per heavy atom. The topological polar surface area (TPSA) is 111 Å². The Balaban J connectivity index is 1.48. The van der Waals surface area contributed by atoms with Crippen LogP contribution >= 0.6 is 0 Å². The van der Waals surface area contributed by atoms with Crippen LogP contribution in [0.2, 0.25) is 0 Å². The van der Waals surface area contributed by atoms with E-state index in [0.717, 1.165) is 32.1 Å². The van der Waals surface area contributed by atoms with Crippen molar-refractivity contribution in [1.29, 1.82) is 0 Å². The van der Waals surface area contributed by atoms with Crippen LogP contribution in [0.3, 0.4) is 0 Å². The summed E-state index contributed by atoms with van der Waals surface area (Å²) in [5.74, 6) is 4.08. The molecule has 1 unspecified atom stereocenters. The second-order valence-corrected chi connectivity index (χ2v) is 6.48. The Kier molecular flexibility index (Phi) is 9.45. The highest BCUT2D eigenvalue weighted by atomic mass is 16.7. The molecular formula is C19H26N2O7. The first-order chi connectivity index (χ1) is 13.6. The van der Waals surface area contributed by atoms with Crippen LogP contribution in [0.1, 0.15) is 51.4 Å². The highest BCUT2D eigenvalue weighted by Gasteiger charge is 2.32. The summed E-state index contributed by atoms with van der Waals surface area (Å²) < 4.78 is 10.8. The molecule has 0 spiro atoms. The first-order valence-corrected chi connectivity index (χ1v) is 9.57. The Morgan fingerprint density at radius 1 is 1.11 bits per heavy atom. The summed E-state index contributed by atoms with van der Waals surface area (Å²) in [6, 6.07) is 0. The van der Waals surface area contributed by atoms with Crippen molar-refractivity contribution < 1.29 is 33.5 Å². The molecular weight excluding hydrogens is 368 g/mol. The van der Waals surface area contributed by atoms with Gasteiger partial charge in [0.05, 0.1) is 19.6 Å². The van der Waals surface area contributed by atoms with Gasteiger partial charge in [0.15, 0.2) is 0 Å². The van der Waals surface area contributed by atoms with Gasteiger partial charge < -0.3 is 19.6 Å². The number of carbonyl (C=O) groups excluding carboxylic acids is 4. The molecule has 1 fully saturated rings. The van der Waals surface area contributed by atoms with Crippen LogP contribution < -0.4 is 5.32 Å². The minimum absolute atomic E-state index is 0.0520. The molecule has 9 nitrogen and oxygen atoms in total. The Bertz CT molecular complexity index is 622. The Morgan fingerprint density at radius 2 is 1.89 bits per heavy atom. The van der Waals surface area contributed by atoms with Gasteiger partial charge in [0.25, 0.3) is 11.8 Å². The largest absolute Gasteiger partial charge is 0.379 e. The van der Waals surface area contributed by atoms with E-state index in [0.29, 0.717) is 5.06 Å². The van der Waals surface area contributed by atoms with Crippen molar-refractivity contribution in [3.8, 4) is 11.8 Å². The van der Waals surface area contributed by atoms with Gasteiger partial charge in [0, 0.05) is 25.8 Å². The van der Waals surface area contributed by atoms with Crippen molar-refractivity contribution in [3.63, 3.8) is 0 Å². The zero-order chi connectivity index (χ0) is 20.2. The monoisotopic (exact) mass is 394 g/mol. The van der Waals surface area contributed by atoms with Crippen LogP contribution in [0.25, 0.3) is 0 Å². The summed E-state index contributed by atoms with van der Waals surface area (Å²) in [5, 5.41) is 3.16. The average Bonchev–Trinajstić information content (AvgIpc) is 2.95. The Labute approximate surface area is 164 Å². The number of hydrogen-bond acceptors (Lipinski definition) is 7. The maximum Gasteiger partial charge on any atom is 0.335 e. The standard InChI is InChI=1S/C19H26N2O7/c22-16(14-27-15-6-4-2-1-3-5-7-15)20-11-13-26-12-10-19(25)28-21-17(23)8-9-18(21)24/h15H,1-4,6,8-14H2,(H,20,22). The van der Waals surface area contributed by atoms with Gasteiger partial charge in [-0.15, -0.1) is 11.0 Å². The maximum absolute atomic E-state index is 11.8. The van der Waals surface area contributed by atoms with Gasteiger partial charge in [-0.2, -0.15) is 0 Å². The predicted molar refractivity (Wildman–Crippen MR) is 96.2 cm³/mol. The van der Waals surface area contributed by atoms with Crippen LogP contribution in [0.4, 0.5) is 0 Å². The molecule has 154 valence electrons. The van der Waals surface area contributed by atoms with Crippen molar-refractivity contribution in [3.05, 3.63) is 0 Å². The van der Waals surface area contributed by atoms with Gasteiger partial charge in [-0.05, 0) is 19.3 Å². The van der Waals surface area contributed by atoms with Crippen molar-refractivity contribution in [1.82, 2.24) is 10.4 Å². The molecule has 1 N–H and O–H groups in total. The van der Waals surface area contributed by atoms with Gasteiger partial charge >= 0.3 is 5.97 Å². The van der Waals surface area contributed by atoms with E-state index in [-0.39, 0.29) is 57.6 Å². The van der Waals surface area contributed by atoms with Crippen LogP contribution in [0.5, 0.6) is 0 Å². The van der Waals surface area contributed by atoms with E-state index in [4.69, 9.17) is 14.3 Å². The SMILES string of the molecule is O=C(COC1C#CCCCCC1)NCCOCCC(=O)ON1C(=O)CCC1=O. The maximum atomic E-state index is 11.8. The minimum atomic E-state index is -0.721. The second kappa shape index (κ2) is 12.1. The van der Waals surface area contributed by atoms with Gasteiger partial charge in [-0.3, -0.25) is 14.4 Å². The summed E-state index contributed by atoms with van der Waals surface area (Å²) in [6.45, 7) is 0.489. The number of hydroxylamine groups is 2. The third-order valence-electron chi connectivity index (χ3n) is 4.16. The van der Waals surface area contributed by atoms with E-state index >= 15 is 0 Å². The third kappa shape index (κ3) is 8.06. The number of amides is 3. The fourth-order valence-electron chi connectivity index (χ4n) is 2.66. The van der Waals surface area contributed by atoms with Gasteiger partial charge in [-0.25, -0.2) is 4.79 Å². The van der Waals surface area contributed by atoms with E-state index in [2.05, 4.69) is 17.2 Å². The Hall–Kier alpha value is -2.44. The van der Waals surface area contributed by atoms with Crippen LogP contribution in [0.15, 0.2) is 0 Å². The van der Waals surface area contributed by atoms with Crippen molar-refractivity contribution in [2.24, 2.45) is 0 Å². The zero-order valence-corrected chi connectivity index (χ0v) is 15.9. The van der Waals surface area contributed by atoms with Crippen molar-refractivity contribution in [2.75, 3.05) is 26.4 Å². The van der Waals surface area contributed by atoms with E-state index in [9.17, 15) is 19.2 Å². The van der Waals surface area contributed by atoms with Gasteiger partial charge in [-0.1, -0.05) is 12.3 Å². The number of carbonyl (C=O) groups is 4. The predicted octanol–water partition coefficient (Wildman–Crippen LogP) is 0.469. The second-order valence-electron chi connectivity index (χ2n) is 6.48. The minimum Gasteiger partial charge on any atom is -0.379 e. The summed E-state index contributed by atoms with van der Waals surface area (Å²) in [7, 11) is 0. The fourth-order valence-corrected chi connectivity index (χ4v) is 2.66. The molecule has 2 rings (SSSR count). The lowest BCUT2D eigenvalue weighted by molar-refractivity contribution is -0.198. The van der Waals surface area contributed by atoms with Gasteiger partial charge in [0.2, 0.25) is 5.91 Å². The number of ether oxygens (including phenoxy) is 2. The zero-order valence-electron chi connectivity index (χ0n) is 15.9. The normalized spacial score (nSPS) is 19.4. The molecule has 1 atom stereocenters. The highest BCUT2D eigenvalue weighted by molar-refractivity contribution is 6.01. The van der Waals surface area contributed by atoms with Crippen LogP contribution in [0, 0.1) is 11.8 Å². The summed E-state index contributed by atoms with van der Waals surface area (Å²) in [6.07, 6.45) is 4.84. The quantitative estimate of drug-likeness (QED) is 0.326. The van der Waals surface area contributed by atoms with E-state index in [1.54, 1.807) is 0 Å². The first-order valence-electron chi connectivity index (χ1n) is 9.57. The average molecular weight is 394 g/mol. The van der Waals surface area contributed by atoms with Gasteiger partial charge in [0.1, 0.15) is 12.7 Å². The number of rotatable bonds is 10. The molecule has 9 heteroatoms. The number of nitrogens with zero attached hydrogens (tertiary/aromatic N) is 1. The third-order valence-corrected chi connectivity index (χ3v) is 4.16. The first kappa shape index (κ1) is 21.9. The van der Waals surface area contributed by atoms with Crippen LogP contribution in [-0.2, 0) is 33.5 Å². The van der Waals surface area contributed by atoms with E-state index in [1.165, 1.54) is 0 Å². The molecule has 0 bridgehead atoms. The fraction of sp³-hybridized carbons (Fsp3) is 0.684. The summed E-state index contributed by atoms with van der Waals surface area (Å²) in [4.78, 5) is 50.7. The van der Waals surface area contributed by atoms with E-state index in [1.807, 2.05) is 0 Å². The summed E-state index contributed by atoms with van der Waals surface area (Å²) >= 11 is 0. The number of imide groups is 1. The molecule has 1 aliphatic carbocycles. The number of hydrogen-bond donors (Lipinski definition) is 1. The van der Waals surface area contributed by atoms with Crippen molar-refractivity contribution >= 4 is 23.7 Å². The molecule has 0 aromatic carbocycles. The summed E-state index contributed by atoms with van der Waals surface area (Å²) in [5.41, 5.74) is 0. The lowest BCUT2D eigenvalue weighted by atomic mass is 10.1. The molecule has 0 aromatic heterocycles.